The highest BCUT2D eigenvalue weighted by Gasteiger charge is 2.32. The Bertz CT molecular complexity index is 1510. The van der Waals surface area contributed by atoms with Gasteiger partial charge in [0.05, 0.1) is 6.20 Å². The molecule has 2 aromatic carbocycles. The number of hydrogen-bond acceptors (Lipinski definition) is 9. The number of amides is 1. The summed E-state index contributed by atoms with van der Waals surface area (Å²) in [7, 11) is -0.677. The summed E-state index contributed by atoms with van der Waals surface area (Å²) >= 11 is 0. The number of carbonyl (C=O) groups excluding carboxylic acids is 1. The van der Waals surface area contributed by atoms with Crippen molar-refractivity contribution in [2.45, 2.75) is 31.2 Å². The summed E-state index contributed by atoms with van der Waals surface area (Å²) in [6.07, 6.45) is 0.480. The lowest BCUT2D eigenvalue weighted by molar-refractivity contribution is -0.137. The molecule has 0 spiro atoms. The topological polar surface area (TPSA) is 145 Å². The average Bonchev–Trinajstić information content (AvgIpc) is 2.93. The van der Waals surface area contributed by atoms with Crippen molar-refractivity contribution in [2.24, 2.45) is 0 Å². The quantitative estimate of drug-likeness (QED) is 0.314. The summed E-state index contributed by atoms with van der Waals surface area (Å²) in [4.78, 5) is 34.5. The number of aromatic nitrogens is 2. The molecule has 0 aliphatic heterocycles. The molecule has 0 saturated carbocycles. The first-order valence-electron chi connectivity index (χ1n) is 12.8. The molecular formula is C27H32F2N6O6S. The van der Waals surface area contributed by atoms with E-state index in [-0.39, 0.29) is 29.6 Å². The van der Waals surface area contributed by atoms with E-state index in [4.69, 9.17) is 4.74 Å². The fourth-order valence-corrected chi connectivity index (χ4v) is 5.14. The van der Waals surface area contributed by atoms with Crippen LogP contribution in [0.3, 0.4) is 0 Å². The number of ether oxygens (including phenoxy) is 1. The van der Waals surface area contributed by atoms with Crippen LogP contribution in [0, 0.1) is 11.6 Å². The van der Waals surface area contributed by atoms with Gasteiger partial charge >= 0.3 is 12.1 Å². The Kier molecular flexibility index (Phi) is 10.2. The number of halogens is 2. The maximum absolute atomic E-state index is 14.5. The van der Waals surface area contributed by atoms with Gasteiger partial charge in [-0.2, -0.15) is 4.98 Å². The van der Waals surface area contributed by atoms with Gasteiger partial charge in [-0.25, -0.2) is 31.8 Å². The molecule has 1 atom stereocenters. The van der Waals surface area contributed by atoms with Crippen LogP contribution in [-0.4, -0.2) is 80.7 Å². The number of benzene rings is 2. The summed E-state index contributed by atoms with van der Waals surface area (Å²) < 4.78 is 61.4. The number of nitrogens with zero attached hydrogens (tertiary/aromatic N) is 5. The van der Waals surface area contributed by atoms with E-state index >= 15 is 0 Å². The Morgan fingerprint density at radius 3 is 2.14 bits per heavy atom. The van der Waals surface area contributed by atoms with E-state index in [0.29, 0.717) is 23.0 Å². The zero-order valence-electron chi connectivity index (χ0n) is 23.7. The lowest BCUT2D eigenvalue weighted by atomic mass is 10.1. The predicted molar refractivity (Wildman–Crippen MR) is 152 cm³/mol. The summed E-state index contributed by atoms with van der Waals surface area (Å²) in [5, 5.41) is 12.8. The largest absolute Gasteiger partial charge is 0.480 e. The first kappa shape index (κ1) is 32.0. The molecule has 15 heteroatoms. The molecule has 0 fully saturated rings. The molecule has 12 nitrogen and oxygen atoms in total. The third kappa shape index (κ3) is 7.21. The number of carboxylic acid groups (broad SMARTS) is 1. The normalized spacial score (nSPS) is 11.9. The van der Waals surface area contributed by atoms with Crippen molar-refractivity contribution in [3.63, 3.8) is 0 Å². The second-order valence-corrected chi connectivity index (χ2v) is 11.2. The van der Waals surface area contributed by atoms with Crippen molar-refractivity contribution in [3.8, 4) is 5.75 Å². The predicted octanol–water partition coefficient (Wildman–Crippen LogP) is 3.59. The number of nitrogens with one attached hydrogen (secondary N) is 1. The SMILES string of the molecule is CCN(CC)c1ncc(N(C)S(=O)(=O)c2c(F)cccc2F)c(NC(Cc2ccc(OC(=O)N(C)C)cc2)C(=O)O)n1. The van der Waals surface area contributed by atoms with Gasteiger partial charge in [-0.15, -0.1) is 0 Å². The zero-order valence-corrected chi connectivity index (χ0v) is 24.5. The maximum Gasteiger partial charge on any atom is 0.414 e. The molecule has 0 bridgehead atoms. The minimum Gasteiger partial charge on any atom is -0.480 e. The molecule has 226 valence electrons. The second kappa shape index (κ2) is 13.4. The zero-order chi connectivity index (χ0) is 31.2. The van der Waals surface area contributed by atoms with E-state index in [0.717, 1.165) is 31.4 Å². The van der Waals surface area contributed by atoms with Crippen LogP contribution in [0.1, 0.15) is 19.4 Å². The fraction of sp³-hybridized carbons (Fsp3) is 0.333. The lowest BCUT2D eigenvalue weighted by Crippen LogP contribution is -2.35. The maximum atomic E-state index is 14.5. The molecule has 1 unspecified atom stereocenters. The van der Waals surface area contributed by atoms with Crippen molar-refractivity contribution in [1.29, 1.82) is 0 Å². The number of carbonyl (C=O) groups is 2. The molecular weight excluding hydrogens is 574 g/mol. The van der Waals surface area contributed by atoms with Crippen LogP contribution in [0.5, 0.6) is 5.75 Å². The van der Waals surface area contributed by atoms with Gasteiger partial charge in [-0.05, 0) is 43.7 Å². The van der Waals surface area contributed by atoms with Crippen molar-refractivity contribution in [3.05, 3.63) is 65.9 Å². The summed E-state index contributed by atoms with van der Waals surface area (Å²) in [5.41, 5.74) is 0.319. The number of sulfonamides is 1. The molecule has 0 aliphatic rings. The van der Waals surface area contributed by atoms with Gasteiger partial charge in [0, 0.05) is 40.7 Å². The van der Waals surface area contributed by atoms with Crippen molar-refractivity contribution in [2.75, 3.05) is 48.8 Å². The van der Waals surface area contributed by atoms with Gasteiger partial charge in [0.1, 0.15) is 29.1 Å². The Hall–Kier alpha value is -4.53. The van der Waals surface area contributed by atoms with Crippen LogP contribution < -0.4 is 19.3 Å². The van der Waals surface area contributed by atoms with Crippen molar-refractivity contribution in [1.82, 2.24) is 14.9 Å². The molecule has 1 aromatic heterocycles. The molecule has 3 aromatic rings. The van der Waals surface area contributed by atoms with Gasteiger partial charge in [-0.1, -0.05) is 18.2 Å². The van der Waals surface area contributed by atoms with Crippen LogP contribution in [0.15, 0.2) is 53.6 Å². The molecule has 0 saturated heterocycles. The molecule has 42 heavy (non-hydrogen) atoms. The molecule has 1 amide bonds. The summed E-state index contributed by atoms with van der Waals surface area (Å²) in [5.74, 6) is -3.60. The van der Waals surface area contributed by atoms with E-state index < -0.39 is 44.7 Å². The van der Waals surface area contributed by atoms with Crippen LogP contribution in [0.25, 0.3) is 0 Å². The monoisotopic (exact) mass is 606 g/mol. The number of carboxylic acids is 1. The van der Waals surface area contributed by atoms with Gasteiger partial charge in [0.2, 0.25) is 5.95 Å². The average molecular weight is 607 g/mol. The number of anilines is 3. The van der Waals surface area contributed by atoms with E-state index in [1.54, 1.807) is 17.0 Å². The first-order chi connectivity index (χ1) is 19.8. The van der Waals surface area contributed by atoms with Crippen LogP contribution >= 0.6 is 0 Å². The minimum absolute atomic E-state index is 0.0836. The van der Waals surface area contributed by atoms with Crippen LogP contribution in [0.4, 0.5) is 31.0 Å². The molecule has 0 radical (unpaired) electrons. The Morgan fingerprint density at radius 2 is 1.62 bits per heavy atom. The van der Waals surface area contributed by atoms with E-state index in [2.05, 4.69) is 15.3 Å². The standard InChI is InChI=1S/C27H32F2N6O6S/c1-6-35(7-2)26-30-16-22(34(5)42(39,40)23-19(28)9-8-10-20(23)29)24(32-26)31-21(25(36)37)15-17-11-13-18(14-12-17)41-27(38)33(3)4/h8-14,16,21H,6-7,15H2,1-5H3,(H,36,37)(H,30,31,32). The fourth-order valence-electron chi connectivity index (χ4n) is 3.84. The van der Waals surface area contributed by atoms with Gasteiger partial charge in [0.25, 0.3) is 10.0 Å². The molecule has 0 aliphatic carbocycles. The molecule has 2 N–H and O–H groups in total. The number of aliphatic carboxylic acids is 1. The minimum atomic E-state index is -4.80. The Morgan fingerprint density at radius 1 is 1.02 bits per heavy atom. The van der Waals surface area contributed by atoms with Gasteiger partial charge in [0.15, 0.2) is 10.7 Å². The highest BCUT2D eigenvalue weighted by molar-refractivity contribution is 7.92. The number of hydrogen-bond donors (Lipinski definition) is 2. The van der Waals surface area contributed by atoms with Gasteiger partial charge in [-0.3, -0.25) is 4.31 Å². The van der Waals surface area contributed by atoms with E-state index in [1.807, 2.05) is 13.8 Å². The lowest BCUT2D eigenvalue weighted by Gasteiger charge is -2.26. The Labute approximate surface area is 242 Å². The molecule has 1 heterocycles. The van der Waals surface area contributed by atoms with Crippen LogP contribution in [0.2, 0.25) is 0 Å². The van der Waals surface area contributed by atoms with E-state index in [1.165, 1.54) is 31.1 Å². The second-order valence-electron chi connectivity index (χ2n) is 9.25. The van der Waals surface area contributed by atoms with Crippen molar-refractivity contribution >= 4 is 39.5 Å². The highest BCUT2D eigenvalue weighted by atomic mass is 32.2. The Balaban J connectivity index is 2.01. The number of rotatable bonds is 12. The highest BCUT2D eigenvalue weighted by Crippen LogP contribution is 2.32. The van der Waals surface area contributed by atoms with Gasteiger partial charge < -0.3 is 25.0 Å². The summed E-state index contributed by atoms with van der Waals surface area (Å²) in [6.45, 7) is 4.70. The molecule has 3 rings (SSSR count). The summed E-state index contributed by atoms with van der Waals surface area (Å²) in [6, 6.07) is 7.52. The smallest absolute Gasteiger partial charge is 0.414 e. The van der Waals surface area contributed by atoms with Crippen molar-refractivity contribution < 1.29 is 36.6 Å². The van der Waals surface area contributed by atoms with E-state index in [9.17, 15) is 31.9 Å². The third-order valence-electron chi connectivity index (χ3n) is 6.22. The van der Waals surface area contributed by atoms with Crippen LogP contribution in [-0.2, 0) is 21.2 Å². The third-order valence-corrected chi connectivity index (χ3v) is 8.05. The first-order valence-corrected chi connectivity index (χ1v) is 14.3.